The second kappa shape index (κ2) is 8.50. The molecule has 0 unspecified atom stereocenters. The van der Waals surface area contributed by atoms with Gasteiger partial charge in [-0.3, -0.25) is 14.3 Å². The molecule has 0 aliphatic carbocycles. The Morgan fingerprint density at radius 2 is 2.00 bits per heavy atom. The first-order valence-corrected chi connectivity index (χ1v) is 10.7. The summed E-state index contributed by atoms with van der Waals surface area (Å²) in [5.41, 5.74) is 3.54. The zero-order valence-corrected chi connectivity index (χ0v) is 18.5. The second-order valence-corrected chi connectivity index (χ2v) is 7.98. The van der Waals surface area contributed by atoms with Crippen LogP contribution in [0.25, 0.3) is 0 Å². The standard InChI is InChI=1S/C24H24N4O5/c1-27-19-8-9-28(24(30)16-4-3-5-17(11-16)31-2)13-18(19)22(26-27)23(29)25-12-15-6-7-20-21(10-15)33-14-32-20/h3-7,10-11H,8-9,12-14H2,1-2H3,(H,25,29). The summed E-state index contributed by atoms with van der Waals surface area (Å²) < 4.78 is 17.7. The molecule has 2 amide bonds. The monoisotopic (exact) mass is 448 g/mol. The molecular weight excluding hydrogens is 424 g/mol. The number of nitrogens with zero attached hydrogens (tertiary/aromatic N) is 3. The topological polar surface area (TPSA) is 94.9 Å². The van der Waals surface area contributed by atoms with Gasteiger partial charge in [0, 0.05) is 43.4 Å². The third-order valence-electron chi connectivity index (χ3n) is 5.95. The second-order valence-electron chi connectivity index (χ2n) is 7.98. The average Bonchev–Trinajstić information content (AvgIpc) is 3.45. The number of rotatable bonds is 5. The number of amides is 2. The van der Waals surface area contributed by atoms with Crippen molar-refractivity contribution in [3.8, 4) is 17.2 Å². The molecule has 2 aliphatic rings. The Morgan fingerprint density at radius 1 is 1.15 bits per heavy atom. The van der Waals surface area contributed by atoms with E-state index in [1.807, 2.05) is 25.2 Å². The van der Waals surface area contributed by atoms with Crippen molar-refractivity contribution in [2.75, 3.05) is 20.4 Å². The Labute approximate surface area is 190 Å². The van der Waals surface area contributed by atoms with Crippen LogP contribution in [-0.4, -0.2) is 46.9 Å². The number of aryl methyl sites for hydroxylation is 1. The number of fused-ring (bicyclic) bond motifs is 2. The fourth-order valence-electron chi connectivity index (χ4n) is 4.20. The molecule has 3 heterocycles. The zero-order chi connectivity index (χ0) is 22.9. The first kappa shape index (κ1) is 20.9. The predicted octanol–water partition coefficient (Wildman–Crippen LogP) is 2.29. The molecule has 5 rings (SSSR count). The molecule has 1 N–H and O–H groups in total. The number of aromatic nitrogens is 2. The molecule has 0 saturated heterocycles. The van der Waals surface area contributed by atoms with Crippen LogP contribution in [0.3, 0.4) is 0 Å². The molecular formula is C24H24N4O5. The lowest BCUT2D eigenvalue weighted by Crippen LogP contribution is -2.37. The molecule has 33 heavy (non-hydrogen) atoms. The summed E-state index contributed by atoms with van der Waals surface area (Å²) in [6.45, 7) is 1.41. The van der Waals surface area contributed by atoms with Crippen molar-refractivity contribution in [2.24, 2.45) is 7.05 Å². The molecule has 2 aliphatic heterocycles. The molecule has 3 aromatic rings. The van der Waals surface area contributed by atoms with E-state index in [-0.39, 0.29) is 18.6 Å². The maximum Gasteiger partial charge on any atom is 0.272 e. The van der Waals surface area contributed by atoms with Gasteiger partial charge < -0.3 is 24.4 Å². The van der Waals surface area contributed by atoms with Crippen LogP contribution >= 0.6 is 0 Å². The highest BCUT2D eigenvalue weighted by molar-refractivity contribution is 5.96. The Hall–Kier alpha value is -4.01. The van der Waals surface area contributed by atoms with Gasteiger partial charge in [-0.1, -0.05) is 12.1 Å². The Morgan fingerprint density at radius 3 is 2.85 bits per heavy atom. The third kappa shape index (κ3) is 3.97. The van der Waals surface area contributed by atoms with Gasteiger partial charge in [0.1, 0.15) is 5.75 Å². The van der Waals surface area contributed by atoms with Crippen molar-refractivity contribution in [1.82, 2.24) is 20.0 Å². The average molecular weight is 448 g/mol. The number of benzene rings is 2. The maximum atomic E-state index is 13.1. The number of carbonyl (C=O) groups is 2. The Balaban J connectivity index is 1.31. The summed E-state index contributed by atoms with van der Waals surface area (Å²) >= 11 is 0. The predicted molar refractivity (Wildman–Crippen MR) is 118 cm³/mol. The van der Waals surface area contributed by atoms with Gasteiger partial charge in [-0.05, 0) is 35.9 Å². The van der Waals surface area contributed by atoms with Crippen LogP contribution in [0.4, 0.5) is 0 Å². The van der Waals surface area contributed by atoms with Crippen molar-refractivity contribution >= 4 is 11.8 Å². The molecule has 0 atom stereocenters. The summed E-state index contributed by atoms with van der Waals surface area (Å²) in [6.07, 6.45) is 0.629. The zero-order valence-electron chi connectivity index (χ0n) is 18.5. The minimum absolute atomic E-state index is 0.102. The van der Waals surface area contributed by atoms with Crippen molar-refractivity contribution in [3.05, 3.63) is 70.5 Å². The van der Waals surface area contributed by atoms with Crippen LogP contribution in [0.1, 0.15) is 37.7 Å². The van der Waals surface area contributed by atoms with E-state index in [9.17, 15) is 9.59 Å². The van der Waals surface area contributed by atoms with Gasteiger partial charge in [0.15, 0.2) is 17.2 Å². The lowest BCUT2D eigenvalue weighted by molar-refractivity contribution is 0.0730. The first-order valence-electron chi connectivity index (χ1n) is 10.7. The smallest absolute Gasteiger partial charge is 0.272 e. The van der Waals surface area contributed by atoms with Crippen LogP contribution in [0.2, 0.25) is 0 Å². The van der Waals surface area contributed by atoms with Crippen LogP contribution < -0.4 is 19.5 Å². The largest absolute Gasteiger partial charge is 0.497 e. The van der Waals surface area contributed by atoms with E-state index in [4.69, 9.17) is 14.2 Å². The Kier molecular flexibility index (Phi) is 5.37. The molecule has 170 valence electrons. The number of nitrogens with one attached hydrogen (secondary N) is 1. The van der Waals surface area contributed by atoms with Crippen LogP contribution in [-0.2, 0) is 26.6 Å². The molecule has 9 heteroatoms. The summed E-state index contributed by atoms with van der Waals surface area (Å²) in [7, 11) is 3.40. The van der Waals surface area contributed by atoms with Crippen molar-refractivity contribution in [3.63, 3.8) is 0 Å². The van der Waals surface area contributed by atoms with E-state index in [1.165, 1.54) is 0 Å². The van der Waals surface area contributed by atoms with E-state index in [2.05, 4.69) is 10.4 Å². The van der Waals surface area contributed by atoms with Gasteiger partial charge in [0.25, 0.3) is 11.8 Å². The molecule has 0 saturated carbocycles. The molecule has 0 radical (unpaired) electrons. The van der Waals surface area contributed by atoms with Gasteiger partial charge >= 0.3 is 0 Å². The number of hydrogen-bond acceptors (Lipinski definition) is 6. The SMILES string of the molecule is COc1cccc(C(=O)N2CCc3c(c(C(=O)NCc4ccc5c(c4)OCO5)nn3C)C2)c1. The summed E-state index contributed by atoms with van der Waals surface area (Å²) in [4.78, 5) is 27.8. The highest BCUT2D eigenvalue weighted by atomic mass is 16.7. The minimum Gasteiger partial charge on any atom is -0.497 e. The van der Waals surface area contributed by atoms with Crippen LogP contribution in [0.5, 0.6) is 17.2 Å². The first-order chi connectivity index (χ1) is 16.0. The number of carbonyl (C=O) groups excluding carboxylic acids is 2. The lowest BCUT2D eigenvalue weighted by Gasteiger charge is -2.27. The summed E-state index contributed by atoms with van der Waals surface area (Å²) in [6, 6.07) is 12.6. The highest BCUT2D eigenvalue weighted by Gasteiger charge is 2.30. The molecule has 9 nitrogen and oxygen atoms in total. The molecule has 0 fully saturated rings. The Bertz CT molecular complexity index is 1240. The molecule has 0 bridgehead atoms. The quantitative estimate of drug-likeness (QED) is 0.644. The fourth-order valence-corrected chi connectivity index (χ4v) is 4.20. The van der Waals surface area contributed by atoms with E-state index in [0.717, 1.165) is 16.8 Å². The maximum absolute atomic E-state index is 13.1. The molecule has 1 aromatic heterocycles. The minimum atomic E-state index is -0.278. The fraction of sp³-hybridized carbons (Fsp3) is 0.292. The van der Waals surface area contributed by atoms with Crippen LogP contribution in [0.15, 0.2) is 42.5 Å². The molecule has 0 spiro atoms. The lowest BCUT2D eigenvalue weighted by atomic mass is 10.0. The van der Waals surface area contributed by atoms with E-state index in [1.54, 1.807) is 41.0 Å². The van der Waals surface area contributed by atoms with Crippen molar-refractivity contribution in [1.29, 1.82) is 0 Å². The van der Waals surface area contributed by atoms with E-state index >= 15 is 0 Å². The van der Waals surface area contributed by atoms with E-state index < -0.39 is 0 Å². The third-order valence-corrected chi connectivity index (χ3v) is 5.95. The number of methoxy groups -OCH3 is 1. The van der Waals surface area contributed by atoms with Crippen molar-refractivity contribution in [2.45, 2.75) is 19.5 Å². The molecule has 2 aromatic carbocycles. The van der Waals surface area contributed by atoms with Gasteiger partial charge in [0.2, 0.25) is 6.79 Å². The highest BCUT2D eigenvalue weighted by Crippen LogP contribution is 2.32. The van der Waals surface area contributed by atoms with E-state index in [0.29, 0.717) is 54.6 Å². The van der Waals surface area contributed by atoms with Gasteiger partial charge in [-0.15, -0.1) is 0 Å². The number of hydrogen-bond donors (Lipinski definition) is 1. The number of ether oxygens (including phenoxy) is 3. The van der Waals surface area contributed by atoms with Gasteiger partial charge in [-0.2, -0.15) is 5.10 Å². The summed E-state index contributed by atoms with van der Waals surface area (Å²) in [5.74, 6) is 1.62. The normalized spacial score (nSPS) is 14.1. The van der Waals surface area contributed by atoms with Crippen LogP contribution in [0, 0.1) is 0 Å². The van der Waals surface area contributed by atoms with Gasteiger partial charge in [0.05, 0.1) is 13.7 Å². The van der Waals surface area contributed by atoms with Crippen molar-refractivity contribution < 1.29 is 23.8 Å². The van der Waals surface area contributed by atoms with Gasteiger partial charge in [-0.25, -0.2) is 0 Å². The summed E-state index contributed by atoms with van der Waals surface area (Å²) in [5, 5.41) is 7.39.